The van der Waals surface area contributed by atoms with Crippen LogP contribution in [-0.2, 0) is 5.41 Å². The van der Waals surface area contributed by atoms with Gasteiger partial charge >= 0.3 is 0 Å². The van der Waals surface area contributed by atoms with E-state index in [0.717, 1.165) is 0 Å². The first-order chi connectivity index (χ1) is 8.79. The summed E-state index contributed by atoms with van der Waals surface area (Å²) in [4.78, 5) is 14.3. The molecule has 0 aliphatic carbocycles. The van der Waals surface area contributed by atoms with Crippen molar-refractivity contribution in [1.29, 1.82) is 0 Å². The van der Waals surface area contributed by atoms with Crippen LogP contribution in [0.4, 0.5) is 0 Å². The molecule has 0 atom stereocenters. The van der Waals surface area contributed by atoms with E-state index >= 15 is 0 Å². The van der Waals surface area contributed by atoms with Crippen molar-refractivity contribution in [1.82, 2.24) is 0 Å². The van der Waals surface area contributed by atoms with E-state index in [-0.39, 0.29) is 11.2 Å². The number of rotatable bonds is 2. The normalized spacial score (nSPS) is 11.6. The molecule has 0 amide bonds. The Morgan fingerprint density at radius 3 is 2.37 bits per heavy atom. The average Bonchev–Trinajstić information content (AvgIpc) is 2.80. The number of carbonyl (C=O) groups is 1. The van der Waals surface area contributed by atoms with Crippen molar-refractivity contribution in [2.75, 3.05) is 0 Å². The Labute approximate surface area is 127 Å². The van der Waals surface area contributed by atoms with Crippen LogP contribution in [0, 0.1) is 0 Å². The Balaban J connectivity index is 2.39. The van der Waals surface area contributed by atoms with Crippen molar-refractivity contribution < 1.29 is 4.79 Å². The zero-order valence-corrected chi connectivity index (χ0v) is 13.3. The van der Waals surface area contributed by atoms with Gasteiger partial charge in [-0.15, -0.1) is 11.3 Å². The molecule has 1 aromatic carbocycles. The quantitative estimate of drug-likeness (QED) is 0.661. The van der Waals surface area contributed by atoms with Gasteiger partial charge in [0.25, 0.3) is 0 Å². The first-order valence-electron chi connectivity index (χ1n) is 5.89. The Hall–Kier alpha value is -0.830. The molecule has 1 aromatic heterocycles. The zero-order chi connectivity index (χ0) is 14.2. The summed E-state index contributed by atoms with van der Waals surface area (Å²) in [5.74, 6) is -0.0759. The van der Waals surface area contributed by atoms with Crippen LogP contribution in [0.1, 0.15) is 40.9 Å². The lowest BCUT2D eigenvalue weighted by Gasteiger charge is -2.15. The largest absolute Gasteiger partial charge is 0.288 e. The van der Waals surface area contributed by atoms with E-state index in [4.69, 9.17) is 23.2 Å². The zero-order valence-electron chi connectivity index (χ0n) is 11.0. The Morgan fingerprint density at radius 1 is 1.11 bits per heavy atom. The summed E-state index contributed by atoms with van der Waals surface area (Å²) in [6.45, 7) is 6.37. The van der Waals surface area contributed by atoms with Crippen molar-refractivity contribution in [3.8, 4) is 0 Å². The third-order valence-electron chi connectivity index (χ3n) is 2.74. The van der Waals surface area contributed by atoms with Crippen molar-refractivity contribution >= 4 is 40.3 Å². The number of thiophene rings is 1. The number of hydrogen-bond acceptors (Lipinski definition) is 2. The molecule has 0 aliphatic heterocycles. The molecule has 4 heteroatoms. The first kappa shape index (κ1) is 14.6. The van der Waals surface area contributed by atoms with Gasteiger partial charge in [-0.05, 0) is 35.7 Å². The SMILES string of the molecule is CC(C)(C)c1ccc(C(=O)c2cc(Cl)ccc2Cl)s1. The molecule has 19 heavy (non-hydrogen) atoms. The highest BCUT2D eigenvalue weighted by Crippen LogP contribution is 2.32. The molecular formula is C15H14Cl2OS. The summed E-state index contributed by atoms with van der Waals surface area (Å²) >= 11 is 13.5. The monoisotopic (exact) mass is 312 g/mol. The second-order valence-corrected chi connectivity index (χ2v) is 7.29. The van der Waals surface area contributed by atoms with Gasteiger partial charge < -0.3 is 0 Å². The van der Waals surface area contributed by atoms with Crippen LogP contribution in [0.15, 0.2) is 30.3 Å². The summed E-state index contributed by atoms with van der Waals surface area (Å²) < 4.78 is 0. The third-order valence-corrected chi connectivity index (χ3v) is 4.82. The number of carbonyl (C=O) groups excluding carboxylic acids is 1. The van der Waals surface area contributed by atoms with Crippen LogP contribution in [0.2, 0.25) is 10.0 Å². The third kappa shape index (κ3) is 3.19. The van der Waals surface area contributed by atoms with E-state index in [2.05, 4.69) is 20.8 Å². The van der Waals surface area contributed by atoms with Crippen LogP contribution >= 0.6 is 34.5 Å². The van der Waals surface area contributed by atoms with E-state index < -0.39 is 0 Å². The standard InChI is InChI=1S/C15H14Cl2OS/c1-15(2,3)13-7-6-12(19-13)14(18)10-8-9(16)4-5-11(10)17/h4-8H,1-3H3. The molecule has 0 saturated heterocycles. The van der Waals surface area contributed by atoms with Gasteiger partial charge in [0.1, 0.15) is 0 Å². The summed E-state index contributed by atoms with van der Waals surface area (Å²) in [5, 5.41) is 0.945. The summed E-state index contributed by atoms with van der Waals surface area (Å²) in [5.41, 5.74) is 0.498. The highest BCUT2D eigenvalue weighted by Gasteiger charge is 2.20. The fraction of sp³-hybridized carbons (Fsp3) is 0.267. The average molecular weight is 313 g/mol. The van der Waals surface area contributed by atoms with E-state index in [9.17, 15) is 4.79 Å². The topological polar surface area (TPSA) is 17.1 Å². The maximum Gasteiger partial charge on any atom is 0.204 e. The molecule has 100 valence electrons. The van der Waals surface area contributed by atoms with Crippen molar-refractivity contribution in [3.63, 3.8) is 0 Å². The van der Waals surface area contributed by atoms with Crippen molar-refractivity contribution in [2.45, 2.75) is 26.2 Å². The molecule has 1 heterocycles. The predicted molar refractivity (Wildman–Crippen MR) is 82.9 cm³/mol. The van der Waals surface area contributed by atoms with E-state index in [1.165, 1.54) is 16.2 Å². The molecule has 1 nitrogen and oxygen atoms in total. The molecular weight excluding hydrogens is 299 g/mol. The lowest BCUT2D eigenvalue weighted by atomic mass is 9.95. The maximum absolute atomic E-state index is 12.4. The lowest BCUT2D eigenvalue weighted by Crippen LogP contribution is -2.08. The molecule has 0 saturated carbocycles. The maximum atomic E-state index is 12.4. The minimum absolute atomic E-state index is 0.0430. The molecule has 0 radical (unpaired) electrons. The van der Waals surface area contributed by atoms with Crippen LogP contribution in [-0.4, -0.2) is 5.78 Å². The highest BCUT2D eigenvalue weighted by molar-refractivity contribution is 7.14. The number of halogens is 2. The Bertz CT molecular complexity index is 623. The van der Waals surface area contributed by atoms with E-state index in [1.807, 2.05) is 12.1 Å². The van der Waals surface area contributed by atoms with Gasteiger partial charge in [-0.2, -0.15) is 0 Å². The Morgan fingerprint density at radius 2 is 1.79 bits per heavy atom. The summed E-state index contributed by atoms with van der Waals surface area (Å²) in [6, 6.07) is 8.79. The smallest absolute Gasteiger partial charge is 0.204 e. The molecule has 2 aromatic rings. The van der Waals surface area contributed by atoms with Gasteiger partial charge in [0.15, 0.2) is 0 Å². The van der Waals surface area contributed by atoms with E-state index in [1.54, 1.807) is 18.2 Å². The van der Waals surface area contributed by atoms with Crippen LogP contribution in [0.25, 0.3) is 0 Å². The van der Waals surface area contributed by atoms with Gasteiger partial charge in [-0.3, -0.25) is 4.79 Å². The van der Waals surface area contributed by atoms with Crippen LogP contribution < -0.4 is 0 Å². The number of hydrogen-bond donors (Lipinski definition) is 0. The molecule has 0 aliphatic rings. The lowest BCUT2D eigenvalue weighted by molar-refractivity contribution is 0.104. The van der Waals surface area contributed by atoms with Gasteiger partial charge in [0.2, 0.25) is 5.78 Å². The number of ketones is 1. The van der Waals surface area contributed by atoms with Crippen molar-refractivity contribution in [2.24, 2.45) is 0 Å². The van der Waals surface area contributed by atoms with Gasteiger partial charge in [-0.1, -0.05) is 44.0 Å². The predicted octanol–water partition coefficient (Wildman–Crippen LogP) is 5.58. The second kappa shape index (κ2) is 5.28. The minimum atomic E-state index is -0.0759. The van der Waals surface area contributed by atoms with Gasteiger partial charge in [0.05, 0.1) is 9.90 Å². The minimum Gasteiger partial charge on any atom is -0.288 e. The highest BCUT2D eigenvalue weighted by atomic mass is 35.5. The molecule has 2 rings (SSSR count). The van der Waals surface area contributed by atoms with Gasteiger partial charge in [-0.25, -0.2) is 0 Å². The van der Waals surface area contributed by atoms with Crippen LogP contribution in [0.3, 0.4) is 0 Å². The fourth-order valence-electron chi connectivity index (χ4n) is 1.67. The number of benzene rings is 1. The van der Waals surface area contributed by atoms with Crippen molar-refractivity contribution in [3.05, 3.63) is 55.7 Å². The van der Waals surface area contributed by atoms with E-state index in [0.29, 0.717) is 20.5 Å². The summed E-state index contributed by atoms with van der Waals surface area (Å²) in [7, 11) is 0. The van der Waals surface area contributed by atoms with Gasteiger partial charge in [0, 0.05) is 15.5 Å². The molecule has 0 spiro atoms. The Kier molecular flexibility index (Phi) is 4.05. The molecule has 0 fully saturated rings. The molecule has 0 unspecified atom stereocenters. The fourth-order valence-corrected chi connectivity index (χ4v) is 3.06. The van der Waals surface area contributed by atoms with Crippen LogP contribution in [0.5, 0.6) is 0 Å². The summed E-state index contributed by atoms with van der Waals surface area (Å²) in [6.07, 6.45) is 0. The second-order valence-electron chi connectivity index (χ2n) is 5.37. The first-order valence-corrected chi connectivity index (χ1v) is 7.46. The molecule has 0 bridgehead atoms. The molecule has 0 N–H and O–H groups in total.